The van der Waals surface area contributed by atoms with Gasteiger partial charge in [0.05, 0.1) is 5.56 Å². The van der Waals surface area contributed by atoms with Crippen molar-refractivity contribution in [1.29, 1.82) is 0 Å². The molecule has 1 aliphatic rings. The second-order valence-corrected chi connectivity index (χ2v) is 9.55. The third-order valence-corrected chi connectivity index (χ3v) is 6.89. The minimum atomic E-state index is -0.295. The van der Waals surface area contributed by atoms with E-state index < -0.39 is 0 Å². The Morgan fingerprint density at radius 2 is 1.75 bits per heavy atom. The Morgan fingerprint density at radius 3 is 2.38 bits per heavy atom. The summed E-state index contributed by atoms with van der Waals surface area (Å²) in [4.78, 5) is 12.6. The van der Waals surface area contributed by atoms with Gasteiger partial charge in [0.2, 0.25) is 0 Å². The molecule has 2 aromatic rings. The Balaban J connectivity index is 1.51. The molecule has 0 amide bonds. The van der Waals surface area contributed by atoms with Crippen molar-refractivity contribution in [3.63, 3.8) is 0 Å². The van der Waals surface area contributed by atoms with Crippen LogP contribution in [0.3, 0.4) is 0 Å². The maximum Gasteiger partial charge on any atom is 0.343 e. The highest BCUT2D eigenvalue weighted by Gasteiger charge is 2.16. The smallest absolute Gasteiger partial charge is 0.343 e. The van der Waals surface area contributed by atoms with Crippen molar-refractivity contribution in [3.8, 4) is 5.75 Å². The van der Waals surface area contributed by atoms with E-state index in [0.29, 0.717) is 17.2 Å². The maximum absolute atomic E-state index is 12.6. The molecule has 0 radical (unpaired) electrons. The van der Waals surface area contributed by atoms with Crippen molar-refractivity contribution < 1.29 is 9.53 Å². The average Bonchev–Trinajstić information content (AvgIpc) is 2.83. The first-order chi connectivity index (χ1) is 15.6. The molecule has 0 saturated carbocycles. The summed E-state index contributed by atoms with van der Waals surface area (Å²) in [6, 6.07) is 15.8. The lowest BCUT2D eigenvalue weighted by atomic mass is 9.84. The third kappa shape index (κ3) is 7.36. The van der Waals surface area contributed by atoms with Crippen molar-refractivity contribution >= 4 is 11.5 Å². The molecule has 172 valence electrons. The van der Waals surface area contributed by atoms with Gasteiger partial charge in [-0.2, -0.15) is 0 Å². The van der Waals surface area contributed by atoms with Crippen molar-refractivity contribution in [1.82, 2.24) is 0 Å². The molecule has 2 nitrogen and oxygen atoms in total. The van der Waals surface area contributed by atoms with Gasteiger partial charge in [0.15, 0.2) is 0 Å². The Bertz CT molecular complexity index is 861. The standard InChI is InChI=1S/C30H40O2/c1-4-6-7-8-9-24-10-14-26(15-11-24)27-16-18-28(19-17-27)30(31)32-29-20-12-25(13-21-29)22-23(3)5-2/h12-14,16-21,23-24H,4-11,15,22H2,1-3H3. The van der Waals surface area contributed by atoms with Crippen LogP contribution in [0.4, 0.5) is 0 Å². The molecule has 0 bridgehead atoms. The second kappa shape index (κ2) is 12.6. The SMILES string of the molecule is CCCCCCC1CC=C(c2ccc(C(=O)Oc3ccc(CC(C)CC)cc3)cc2)CC1. The molecule has 1 aliphatic carbocycles. The zero-order valence-electron chi connectivity index (χ0n) is 20.2. The molecule has 2 atom stereocenters. The Labute approximate surface area is 195 Å². The highest BCUT2D eigenvalue weighted by atomic mass is 16.5. The van der Waals surface area contributed by atoms with Gasteiger partial charge < -0.3 is 4.74 Å². The number of allylic oxidation sites excluding steroid dienone is 2. The summed E-state index contributed by atoms with van der Waals surface area (Å²) in [6.45, 7) is 6.74. The summed E-state index contributed by atoms with van der Waals surface area (Å²) in [5.74, 6) is 1.82. The molecule has 0 N–H and O–H groups in total. The van der Waals surface area contributed by atoms with E-state index in [-0.39, 0.29) is 5.97 Å². The van der Waals surface area contributed by atoms with Gasteiger partial charge in [-0.25, -0.2) is 4.79 Å². The van der Waals surface area contributed by atoms with Gasteiger partial charge in [0.25, 0.3) is 0 Å². The quantitative estimate of drug-likeness (QED) is 0.202. The fourth-order valence-corrected chi connectivity index (χ4v) is 4.50. The zero-order chi connectivity index (χ0) is 22.8. The molecule has 2 heteroatoms. The van der Waals surface area contributed by atoms with E-state index in [2.05, 4.69) is 51.1 Å². The zero-order valence-corrected chi connectivity index (χ0v) is 20.2. The first kappa shape index (κ1) is 24.3. The van der Waals surface area contributed by atoms with Crippen LogP contribution in [0, 0.1) is 11.8 Å². The Morgan fingerprint density at radius 1 is 1.00 bits per heavy atom. The van der Waals surface area contributed by atoms with Gasteiger partial charge in [-0.1, -0.05) is 89.6 Å². The van der Waals surface area contributed by atoms with Crippen molar-refractivity contribution in [2.45, 2.75) is 85.0 Å². The maximum atomic E-state index is 12.6. The van der Waals surface area contributed by atoms with Gasteiger partial charge in [-0.05, 0) is 78.5 Å². The van der Waals surface area contributed by atoms with Crippen molar-refractivity contribution in [3.05, 3.63) is 71.3 Å². The van der Waals surface area contributed by atoms with E-state index in [1.165, 1.54) is 68.1 Å². The molecular weight excluding hydrogens is 392 g/mol. The first-order valence-electron chi connectivity index (χ1n) is 12.7. The number of carbonyl (C=O) groups is 1. The number of unbranched alkanes of at least 4 members (excludes halogenated alkanes) is 3. The van der Waals surface area contributed by atoms with E-state index in [1.54, 1.807) is 0 Å². The number of esters is 1. The molecule has 3 rings (SSSR count). The van der Waals surface area contributed by atoms with Crippen molar-refractivity contribution in [2.75, 3.05) is 0 Å². The topological polar surface area (TPSA) is 26.3 Å². The Kier molecular flexibility index (Phi) is 9.59. The van der Waals surface area contributed by atoms with E-state index in [0.717, 1.165) is 18.8 Å². The van der Waals surface area contributed by atoms with Gasteiger partial charge in [0, 0.05) is 0 Å². The lowest BCUT2D eigenvalue weighted by Crippen LogP contribution is -2.09. The number of benzene rings is 2. The number of ether oxygens (including phenoxy) is 1. The molecule has 0 aliphatic heterocycles. The van der Waals surface area contributed by atoms with Gasteiger partial charge in [-0.3, -0.25) is 0 Å². The van der Waals surface area contributed by atoms with Gasteiger partial charge in [-0.15, -0.1) is 0 Å². The van der Waals surface area contributed by atoms with Crippen LogP contribution in [0.5, 0.6) is 5.75 Å². The van der Waals surface area contributed by atoms with Crippen LogP contribution in [0.25, 0.3) is 5.57 Å². The monoisotopic (exact) mass is 432 g/mol. The second-order valence-electron chi connectivity index (χ2n) is 9.55. The number of carbonyl (C=O) groups excluding carboxylic acids is 1. The predicted octanol–water partition coefficient (Wildman–Crippen LogP) is 8.65. The number of rotatable bonds is 11. The van der Waals surface area contributed by atoms with Crippen LogP contribution in [-0.4, -0.2) is 5.97 Å². The lowest BCUT2D eigenvalue weighted by molar-refractivity contribution is 0.0734. The first-order valence-corrected chi connectivity index (χ1v) is 12.7. The van der Waals surface area contributed by atoms with E-state index in [4.69, 9.17) is 4.74 Å². The summed E-state index contributed by atoms with van der Waals surface area (Å²) in [5, 5.41) is 0. The highest BCUT2D eigenvalue weighted by Crippen LogP contribution is 2.33. The van der Waals surface area contributed by atoms with E-state index in [9.17, 15) is 4.79 Å². The fraction of sp³-hybridized carbons (Fsp3) is 0.500. The Hall–Kier alpha value is -2.35. The molecule has 2 aromatic carbocycles. The molecule has 0 saturated heterocycles. The van der Waals surface area contributed by atoms with E-state index >= 15 is 0 Å². The third-order valence-electron chi connectivity index (χ3n) is 6.89. The lowest BCUT2D eigenvalue weighted by Gasteiger charge is -2.22. The minimum Gasteiger partial charge on any atom is -0.423 e. The summed E-state index contributed by atoms with van der Waals surface area (Å²) in [5.41, 5.74) is 4.54. The minimum absolute atomic E-state index is 0.295. The van der Waals surface area contributed by atoms with Gasteiger partial charge in [0.1, 0.15) is 5.75 Å². The van der Waals surface area contributed by atoms with Crippen LogP contribution >= 0.6 is 0 Å². The fourth-order valence-electron chi connectivity index (χ4n) is 4.50. The van der Waals surface area contributed by atoms with Crippen LogP contribution in [0.2, 0.25) is 0 Å². The highest BCUT2D eigenvalue weighted by molar-refractivity contribution is 5.91. The molecule has 32 heavy (non-hydrogen) atoms. The summed E-state index contributed by atoms with van der Waals surface area (Å²) < 4.78 is 5.59. The number of hydrogen-bond acceptors (Lipinski definition) is 2. The van der Waals surface area contributed by atoms with Crippen molar-refractivity contribution in [2.24, 2.45) is 11.8 Å². The van der Waals surface area contributed by atoms with Crippen LogP contribution in [-0.2, 0) is 6.42 Å². The molecule has 0 fully saturated rings. The predicted molar refractivity (Wildman–Crippen MR) is 135 cm³/mol. The molecule has 0 spiro atoms. The summed E-state index contributed by atoms with van der Waals surface area (Å²) >= 11 is 0. The largest absolute Gasteiger partial charge is 0.423 e. The summed E-state index contributed by atoms with van der Waals surface area (Å²) in [7, 11) is 0. The van der Waals surface area contributed by atoms with Gasteiger partial charge >= 0.3 is 5.97 Å². The average molecular weight is 433 g/mol. The molecule has 2 unspecified atom stereocenters. The van der Waals surface area contributed by atoms with Crippen LogP contribution in [0.1, 0.15) is 100 Å². The normalized spacial score (nSPS) is 17.0. The molecular formula is C30H40O2. The summed E-state index contributed by atoms with van der Waals surface area (Å²) in [6.07, 6.45) is 15.1. The van der Waals surface area contributed by atoms with E-state index in [1.807, 2.05) is 24.3 Å². The van der Waals surface area contributed by atoms with Crippen LogP contribution in [0.15, 0.2) is 54.6 Å². The van der Waals surface area contributed by atoms with Crippen LogP contribution < -0.4 is 4.74 Å². The molecule has 0 aromatic heterocycles. The molecule has 0 heterocycles. The number of hydrogen-bond donors (Lipinski definition) is 0.